The molecular weight excluding hydrogens is 262 g/mol. The Bertz CT molecular complexity index is 578. The highest BCUT2D eigenvalue weighted by Crippen LogP contribution is 2.10. The molecule has 0 radical (unpaired) electrons. The molecule has 0 aliphatic rings. The highest BCUT2D eigenvalue weighted by Gasteiger charge is 2.05. The van der Waals surface area contributed by atoms with Gasteiger partial charge in [-0.25, -0.2) is 9.78 Å². The van der Waals surface area contributed by atoms with E-state index in [9.17, 15) is 9.59 Å². The van der Waals surface area contributed by atoms with Crippen LogP contribution in [0.2, 0.25) is 0 Å². The Morgan fingerprint density at radius 1 is 1.30 bits per heavy atom. The largest absolute Gasteiger partial charge is 0.481 e. The lowest BCUT2D eigenvalue weighted by Crippen LogP contribution is -2.13. The lowest BCUT2D eigenvalue weighted by Gasteiger charge is -2.06. The third-order valence-electron chi connectivity index (χ3n) is 2.47. The minimum Gasteiger partial charge on any atom is -0.481 e. The molecule has 1 aromatic heterocycles. The predicted octanol–water partition coefficient (Wildman–Crippen LogP) is 1.79. The van der Waals surface area contributed by atoms with Gasteiger partial charge in [-0.05, 0) is 17.7 Å². The molecule has 7 nitrogen and oxygen atoms in total. The van der Waals surface area contributed by atoms with E-state index in [1.807, 2.05) is 0 Å². The Morgan fingerprint density at radius 2 is 2.05 bits per heavy atom. The zero-order chi connectivity index (χ0) is 14.4. The fourth-order valence-electron chi connectivity index (χ4n) is 1.54. The lowest BCUT2D eigenvalue weighted by molar-refractivity contribution is -0.136. The minimum absolute atomic E-state index is 0.0510. The number of amides is 1. The summed E-state index contributed by atoms with van der Waals surface area (Å²) in [5.41, 5.74) is 1.89. The average molecular weight is 275 g/mol. The first-order valence-corrected chi connectivity index (χ1v) is 5.85. The summed E-state index contributed by atoms with van der Waals surface area (Å²) >= 11 is 0. The van der Waals surface area contributed by atoms with Crippen LogP contribution in [0.25, 0.3) is 0 Å². The van der Waals surface area contributed by atoms with Gasteiger partial charge in [-0.15, -0.1) is 0 Å². The van der Waals surface area contributed by atoms with Crippen LogP contribution in [0.3, 0.4) is 0 Å². The van der Waals surface area contributed by atoms with Crippen LogP contribution >= 0.6 is 0 Å². The molecule has 104 valence electrons. The number of carbonyl (C=O) groups excluding carboxylic acids is 1. The fourth-order valence-corrected chi connectivity index (χ4v) is 1.54. The van der Waals surface area contributed by atoms with Crippen LogP contribution in [0.4, 0.5) is 10.5 Å². The summed E-state index contributed by atoms with van der Waals surface area (Å²) in [5.74, 6) is -0.898. The molecule has 0 bridgehead atoms. The van der Waals surface area contributed by atoms with Crippen molar-refractivity contribution in [3.63, 3.8) is 0 Å². The number of nitrogens with one attached hydrogen (secondary N) is 2. The third-order valence-corrected chi connectivity index (χ3v) is 2.47. The Hall–Kier alpha value is -2.83. The number of carboxylic acid groups (broad SMARTS) is 1. The second kappa shape index (κ2) is 6.37. The summed E-state index contributed by atoms with van der Waals surface area (Å²) in [5, 5.41) is 11.2. The normalized spacial score (nSPS) is 10.0. The first-order chi connectivity index (χ1) is 9.63. The van der Waals surface area contributed by atoms with Crippen LogP contribution in [0, 0.1) is 0 Å². The van der Waals surface area contributed by atoms with Crippen LogP contribution in [0.5, 0.6) is 0 Å². The van der Waals surface area contributed by atoms with Gasteiger partial charge in [0.25, 0.3) is 0 Å². The molecule has 1 aromatic carbocycles. The number of H-pyrrole nitrogens is 1. The van der Waals surface area contributed by atoms with Gasteiger partial charge in [-0.1, -0.05) is 12.1 Å². The van der Waals surface area contributed by atoms with E-state index in [0.717, 1.165) is 0 Å². The Labute approximate surface area is 114 Å². The summed E-state index contributed by atoms with van der Waals surface area (Å²) < 4.78 is 4.97. The Morgan fingerprint density at radius 3 is 2.65 bits per heavy atom. The molecule has 2 aromatic rings. The summed E-state index contributed by atoms with van der Waals surface area (Å²) in [7, 11) is 0. The van der Waals surface area contributed by atoms with Crippen molar-refractivity contribution in [1.29, 1.82) is 0 Å². The number of ether oxygens (including phenoxy) is 1. The maximum absolute atomic E-state index is 11.5. The van der Waals surface area contributed by atoms with Crippen molar-refractivity contribution in [3.8, 4) is 0 Å². The molecule has 0 saturated heterocycles. The van der Waals surface area contributed by atoms with Gasteiger partial charge in [0.2, 0.25) is 0 Å². The first kappa shape index (κ1) is 13.6. The van der Waals surface area contributed by atoms with Gasteiger partial charge in [-0.2, -0.15) is 0 Å². The van der Waals surface area contributed by atoms with E-state index in [1.165, 1.54) is 6.33 Å². The van der Waals surface area contributed by atoms with Gasteiger partial charge < -0.3 is 14.8 Å². The molecule has 0 unspecified atom stereocenters. The molecule has 0 aliphatic heterocycles. The van der Waals surface area contributed by atoms with Crippen LogP contribution in [0.1, 0.15) is 11.3 Å². The van der Waals surface area contributed by atoms with Crippen molar-refractivity contribution in [1.82, 2.24) is 9.97 Å². The molecule has 3 N–H and O–H groups in total. The number of imidazole rings is 1. The maximum atomic E-state index is 11.5. The standard InChI is InChI=1S/C13H13N3O4/c17-12(18)5-9-1-3-10(4-2-9)16-13(19)20-7-11-6-14-8-15-11/h1-4,6,8H,5,7H2,(H,14,15)(H,16,19)(H,17,18). The monoisotopic (exact) mass is 275 g/mol. The number of aliphatic carboxylic acids is 1. The van der Waals surface area contributed by atoms with Crippen LogP contribution < -0.4 is 5.32 Å². The highest BCUT2D eigenvalue weighted by molar-refractivity contribution is 5.84. The number of aromatic nitrogens is 2. The molecule has 0 saturated carbocycles. The zero-order valence-corrected chi connectivity index (χ0v) is 10.5. The minimum atomic E-state index is -0.898. The Kier molecular flexibility index (Phi) is 4.33. The number of aromatic amines is 1. The Balaban J connectivity index is 1.83. The van der Waals surface area contributed by atoms with Gasteiger partial charge >= 0.3 is 12.1 Å². The quantitative estimate of drug-likeness (QED) is 0.771. The molecule has 7 heteroatoms. The number of carbonyl (C=O) groups is 2. The number of benzene rings is 1. The average Bonchev–Trinajstić information content (AvgIpc) is 2.91. The molecule has 0 aliphatic carbocycles. The predicted molar refractivity (Wildman–Crippen MR) is 70.2 cm³/mol. The number of rotatable bonds is 5. The van der Waals surface area contributed by atoms with Crippen molar-refractivity contribution < 1.29 is 19.4 Å². The number of hydrogen-bond donors (Lipinski definition) is 3. The summed E-state index contributed by atoms with van der Waals surface area (Å²) in [6, 6.07) is 6.52. The van der Waals surface area contributed by atoms with Crippen molar-refractivity contribution in [2.45, 2.75) is 13.0 Å². The first-order valence-electron chi connectivity index (χ1n) is 5.85. The lowest BCUT2D eigenvalue weighted by atomic mass is 10.1. The van der Waals surface area contributed by atoms with Crippen molar-refractivity contribution >= 4 is 17.7 Å². The van der Waals surface area contributed by atoms with E-state index in [-0.39, 0.29) is 13.0 Å². The summed E-state index contributed by atoms with van der Waals surface area (Å²) in [6.45, 7) is 0.100. The van der Waals surface area contributed by atoms with Crippen LogP contribution in [-0.2, 0) is 22.6 Å². The van der Waals surface area contributed by atoms with Gasteiger partial charge in [-0.3, -0.25) is 10.1 Å². The van der Waals surface area contributed by atoms with Crippen molar-refractivity contribution in [3.05, 3.63) is 48.0 Å². The van der Waals surface area contributed by atoms with Crippen LogP contribution in [0.15, 0.2) is 36.8 Å². The fraction of sp³-hybridized carbons (Fsp3) is 0.154. The van der Waals surface area contributed by atoms with Crippen LogP contribution in [-0.4, -0.2) is 27.1 Å². The van der Waals surface area contributed by atoms with Crippen molar-refractivity contribution in [2.75, 3.05) is 5.32 Å². The van der Waals surface area contributed by atoms with E-state index in [2.05, 4.69) is 15.3 Å². The van der Waals surface area contributed by atoms with E-state index in [4.69, 9.17) is 9.84 Å². The third kappa shape index (κ3) is 4.13. The second-order valence-electron chi connectivity index (χ2n) is 4.05. The molecule has 20 heavy (non-hydrogen) atoms. The zero-order valence-electron chi connectivity index (χ0n) is 10.5. The summed E-state index contributed by atoms with van der Waals surface area (Å²) in [6.07, 6.45) is 2.42. The van der Waals surface area contributed by atoms with Gasteiger partial charge in [0.1, 0.15) is 6.61 Å². The highest BCUT2D eigenvalue weighted by atomic mass is 16.5. The molecule has 2 rings (SSSR count). The van der Waals surface area contributed by atoms with Crippen molar-refractivity contribution in [2.24, 2.45) is 0 Å². The number of nitrogens with zero attached hydrogens (tertiary/aromatic N) is 1. The van der Waals surface area contributed by atoms with E-state index in [0.29, 0.717) is 16.9 Å². The molecular formula is C13H13N3O4. The molecule has 0 spiro atoms. The molecule has 0 fully saturated rings. The molecule has 1 amide bonds. The smallest absolute Gasteiger partial charge is 0.412 e. The maximum Gasteiger partial charge on any atom is 0.412 e. The number of anilines is 1. The van der Waals surface area contributed by atoms with Gasteiger partial charge in [0.15, 0.2) is 0 Å². The number of hydrogen-bond acceptors (Lipinski definition) is 4. The molecule has 1 heterocycles. The van der Waals surface area contributed by atoms with Gasteiger partial charge in [0.05, 0.1) is 24.6 Å². The van der Waals surface area contributed by atoms with E-state index >= 15 is 0 Å². The van der Waals surface area contributed by atoms with E-state index in [1.54, 1.807) is 30.5 Å². The topological polar surface area (TPSA) is 104 Å². The SMILES string of the molecule is O=C(O)Cc1ccc(NC(=O)OCc2cnc[nH]2)cc1. The summed E-state index contributed by atoms with van der Waals surface area (Å²) in [4.78, 5) is 28.7. The second-order valence-corrected chi connectivity index (χ2v) is 4.05. The molecule has 0 atom stereocenters. The number of carboxylic acids is 1. The van der Waals surface area contributed by atoms with Gasteiger partial charge in [0, 0.05) is 5.69 Å². The van der Waals surface area contributed by atoms with E-state index < -0.39 is 12.1 Å².